The lowest BCUT2D eigenvalue weighted by Crippen LogP contribution is -2.51. The highest BCUT2D eigenvalue weighted by molar-refractivity contribution is 7.09. The molecule has 0 aliphatic carbocycles. The summed E-state index contributed by atoms with van der Waals surface area (Å²) in [7, 11) is 0. The molecule has 1 N–H and O–H groups in total. The molecule has 2 aromatic heterocycles. The molecule has 8 nitrogen and oxygen atoms in total. The summed E-state index contributed by atoms with van der Waals surface area (Å²) < 4.78 is 15.0. The molecular formula is C18H20FN7OS. The second kappa shape index (κ2) is 8.44. The molecule has 0 radical (unpaired) electrons. The van der Waals surface area contributed by atoms with Gasteiger partial charge < -0.3 is 10.2 Å². The summed E-state index contributed by atoms with van der Waals surface area (Å²) in [4.78, 5) is 17.5. The molecule has 146 valence electrons. The maximum atomic E-state index is 13.5. The number of piperazine rings is 1. The molecule has 4 rings (SSSR count). The fraction of sp³-hybridized carbons (Fsp3) is 0.333. The van der Waals surface area contributed by atoms with Crippen LogP contribution < -0.4 is 5.32 Å². The van der Waals surface area contributed by atoms with Crippen LogP contribution in [0.1, 0.15) is 10.7 Å². The smallest absolute Gasteiger partial charge is 0.317 e. The van der Waals surface area contributed by atoms with E-state index in [1.165, 1.54) is 12.1 Å². The van der Waals surface area contributed by atoms with Crippen molar-refractivity contribution < 1.29 is 9.18 Å². The van der Waals surface area contributed by atoms with Gasteiger partial charge in [-0.15, -0.1) is 16.4 Å². The van der Waals surface area contributed by atoms with E-state index in [0.29, 0.717) is 37.7 Å². The van der Waals surface area contributed by atoms with Gasteiger partial charge in [0.15, 0.2) is 5.82 Å². The van der Waals surface area contributed by atoms with Gasteiger partial charge in [0.1, 0.15) is 5.82 Å². The summed E-state index contributed by atoms with van der Waals surface area (Å²) in [6, 6.07) is 10.1. The fourth-order valence-corrected chi connectivity index (χ4v) is 3.75. The van der Waals surface area contributed by atoms with Gasteiger partial charge in [-0.25, -0.2) is 9.18 Å². The van der Waals surface area contributed by atoms with Crippen molar-refractivity contribution in [2.75, 3.05) is 26.2 Å². The highest BCUT2D eigenvalue weighted by Gasteiger charge is 2.22. The number of benzene rings is 1. The van der Waals surface area contributed by atoms with Crippen LogP contribution in [-0.2, 0) is 13.1 Å². The second-order valence-corrected chi connectivity index (χ2v) is 7.52. The number of aromatic nitrogens is 4. The zero-order valence-corrected chi connectivity index (χ0v) is 16.0. The first-order valence-corrected chi connectivity index (χ1v) is 9.88. The molecule has 0 bridgehead atoms. The lowest BCUT2D eigenvalue weighted by Gasteiger charge is -2.34. The van der Waals surface area contributed by atoms with Crippen LogP contribution in [-0.4, -0.2) is 62.2 Å². The molecule has 10 heteroatoms. The monoisotopic (exact) mass is 401 g/mol. The number of rotatable bonds is 5. The molecule has 0 spiro atoms. The third-order valence-corrected chi connectivity index (χ3v) is 5.48. The lowest BCUT2D eigenvalue weighted by atomic mass is 10.3. The van der Waals surface area contributed by atoms with E-state index in [2.05, 4.69) is 25.7 Å². The summed E-state index contributed by atoms with van der Waals surface area (Å²) in [5.74, 6) is 0.308. The van der Waals surface area contributed by atoms with Crippen molar-refractivity contribution >= 4 is 17.4 Å². The van der Waals surface area contributed by atoms with E-state index in [1.807, 2.05) is 22.4 Å². The third-order valence-electron chi connectivity index (χ3n) is 4.61. The van der Waals surface area contributed by atoms with E-state index in [0.717, 1.165) is 18.0 Å². The van der Waals surface area contributed by atoms with Gasteiger partial charge in [-0.3, -0.25) is 4.90 Å². The number of thiophene rings is 1. The first-order valence-electron chi connectivity index (χ1n) is 9.00. The molecule has 1 aromatic carbocycles. The van der Waals surface area contributed by atoms with Gasteiger partial charge in [-0.2, -0.15) is 4.68 Å². The van der Waals surface area contributed by atoms with Crippen LogP contribution in [0, 0.1) is 5.82 Å². The van der Waals surface area contributed by atoms with E-state index < -0.39 is 0 Å². The topological polar surface area (TPSA) is 79.2 Å². The quantitative estimate of drug-likeness (QED) is 0.706. The molecule has 0 atom stereocenters. The number of carbonyl (C=O) groups is 1. The van der Waals surface area contributed by atoms with Crippen molar-refractivity contribution in [2.24, 2.45) is 0 Å². The molecular weight excluding hydrogens is 381 g/mol. The average Bonchev–Trinajstić information content (AvgIpc) is 3.39. The van der Waals surface area contributed by atoms with Crippen molar-refractivity contribution in [2.45, 2.75) is 13.1 Å². The van der Waals surface area contributed by atoms with Crippen LogP contribution in [0.5, 0.6) is 0 Å². The van der Waals surface area contributed by atoms with Gasteiger partial charge >= 0.3 is 6.03 Å². The predicted octanol–water partition coefficient (Wildman–Crippen LogP) is 1.89. The van der Waals surface area contributed by atoms with E-state index in [-0.39, 0.29) is 11.8 Å². The van der Waals surface area contributed by atoms with Crippen LogP contribution in [0.15, 0.2) is 41.8 Å². The molecule has 1 aliphatic rings. The van der Waals surface area contributed by atoms with Gasteiger partial charge in [0, 0.05) is 31.1 Å². The standard InChI is InChI=1S/C18H20FN7OS/c19-14-3-1-4-15(11-14)26-17(21-22-23-26)13-24-6-8-25(9-7-24)18(27)20-12-16-5-2-10-28-16/h1-5,10-11H,6-9,12-13H2,(H,20,27). The average molecular weight is 401 g/mol. The number of amides is 2. The number of carbonyl (C=O) groups excluding carboxylic acids is 1. The Labute approximate surface area is 165 Å². The largest absolute Gasteiger partial charge is 0.333 e. The van der Waals surface area contributed by atoms with Crippen LogP contribution in [0.3, 0.4) is 0 Å². The van der Waals surface area contributed by atoms with Gasteiger partial charge in [0.2, 0.25) is 0 Å². The molecule has 3 aromatic rings. The highest BCUT2D eigenvalue weighted by atomic mass is 32.1. The normalized spacial score (nSPS) is 15.0. The first-order chi connectivity index (χ1) is 13.7. The van der Waals surface area contributed by atoms with Crippen molar-refractivity contribution in [1.82, 2.24) is 35.3 Å². The first kappa shape index (κ1) is 18.5. The van der Waals surface area contributed by atoms with E-state index in [9.17, 15) is 9.18 Å². The number of halogens is 1. The Morgan fingerprint density at radius 1 is 1.18 bits per heavy atom. The molecule has 2 amide bonds. The van der Waals surface area contributed by atoms with Crippen molar-refractivity contribution in [3.05, 3.63) is 58.3 Å². The van der Waals surface area contributed by atoms with Gasteiger partial charge in [0.05, 0.1) is 18.8 Å². The summed E-state index contributed by atoms with van der Waals surface area (Å²) >= 11 is 1.63. The lowest BCUT2D eigenvalue weighted by molar-refractivity contribution is 0.133. The highest BCUT2D eigenvalue weighted by Crippen LogP contribution is 2.13. The minimum Gasteiger partial charge on any atom is -0.333 e. The number of urea groups is 1. The maximum absolute atomic E-state index is 13.5. The number of nitrogens with one attached hydrogen (secondary N) is 1. The molecule has 0 unspecified atom stereocenters. The number of nitrogens with zero attached hydrogens (tertiary/aromatic N) is 6. The summed E-state index contributed by atoms with van der Waals surface area (Å²) in [6.07, 6.45) is 0. The van der Waals surface area contributed by atoms with Crippen LogP contribution >= 0.6 is 11.3 Å². The van der Waals surface area contributed by atoms with Gasteiger partial charge in [0.25, 0.3) is 0 Å². The summed E-state index contributed by atoms with van der Waals surface area (Å²) in [5.41, 5.74) is 0.589. The molecule has 1 saturated heterocycles. The SMILES string of the molecule is O=C(NCc1cccs1)N1CCN(Cc2nnnn2-c2cccc(F)c2)CC1. The summed E-state index contributed by atoms with van der Waals surface area (Å²) in [5, 5.41) is 16.7. The maximum Gasteiger partial charge on any atom is 0.317 e. The zero-order chi connectivity index (χ0) is 19.3. The Balaban J connectivity index is 1.30. The molecule has 3 heterocycles. The molecule has 28 heavy (non-hydrogen) atoms. The molecule has 1 aliphatic heterocycles. The van der Waals surface area contributed by atoms with Crippen molar-refractivity contribution in [3.8, 4) is 5.69 Å². The minimum atomic E-state index is -0.332. The Bertz CT molecular complexity index is 922. The van der Waals surface area contributed by atoms with Crippen LogP contribution in [0.4, 0.5) is 9.18 Å². The third kappa shape index (κ3) is 4.34. The van der Waals surface area contributed by atoms with E-state index in [1.54, 1.807) is 28.2 Å². The van der Waals surface area contributed by atoms with Crippen molar-refractivity contribution in [1.29, 1.82) is 0 Å². The Kier molecular flexibility index (Phi) is 5.58. The van der Waals surface area contributed by atoms with Crippen LogP contribution in [0.2, 0.25) is 0 Å². The van der Waals surface area contributed by atoms with Crippen LogP contribution in [0.25, 0.3) is 5.69 Å². The molecule has 0 saturated carbocycles. The Morgan fingerprint density at radius 3 is 2.79 bits per heavy atom. The number of tetrazole rings is 1. The zero-order valence-electron chi connectivity index (χ0n) is 15.2. The Hall–Kier alpha value is -2.85. The Morgan fingerprint density at radius 2 is 2.04 bits per heavy atom. The van der Waals surface area contributed by atoms with Crippen molar-refractivity contribution in [3.63, 3.8) is 0 Å². The minimum absolute atomic E-state index is 0.0438. The van der Waals surface area contributed by atoms with E-state index >= 15 is 0 Å². The molecule has 1 fully saturated rings. The summed E-state index contributed by atoms with van der Waals surface area (Å²) in [6.45, 7) is 3.81. The van der Waals surface area contributed by atoms with Gasteiger partial charge in [-0.05, 0) is 40.1 Å². The number of hydrogen-bond donors (Lipinski definition) is 1. The second-order valence-electron chi connectivity index (χ2n) is 6.49. The fourth-order valence-electron chi connectivity index (χ4n) is 3.11. The van der Waals surface area contributed by atoms with Gasteiger partial charge in [-0.1, -0.05) is 12.1 Å². The van der Waals surface area contributed by atoms with E-state index in [4.69, 9.17) is 0 Å². The number of hydrogen-bond acceptors (Lipinski definition) is 6. The predicted molar refractivity (Wildman–Crippen MR) is 103 cm³/mol.